The van der Waals surface area contributed by atoms with Crippen LogP contribution in [0.25, 0.3) is 0 Å². The Hall–Kier alpha value is -0.670. The molecule has 1 fully saturated rings. The summed E-state index contributed by atoms with van der Waals surface area (Å²) in [6.45, 7) is 2.03. The fourth-order valence-corrected chi connectivity index (χ4v) is 4.23. The van der Waals surface area contributed by atoms with Crippen molar-refractivity contribution in [2.24, 2.45) is 5.92 Å². The van der Waals surface area contributed by atoms with Gasteiger partial charge in [0, 0.05) is 30.1 Å². The maximum absolute atomic E-state index is 8.60. The molecule has 0 radical (unpaired) electrons. The molecule has 0 aliphatic carbocycles. The van der Waals surface area contributed by atoms with Crippen molar-refractivity contribution in [3.05, 3.63) is 11.7 Å². The predicted molar refractivity (Wildman–Crippen MR) is 69.9 cm³/mol. The van der Waals surface area contributed by atoms with Gasteiger partial charge in [0.05, 0.1) is 11.3 Å². The van der Waals surface area contributed by atoms with Crippen LogP contribution in [-0.4, -0.2) is 27.4 Å². The van der Waals surface area contributed by atoms with Gasteiger partial charge in [0.15, 0.2) is 5.82 Å². The van der Waals surface area contributed by atoms with Crippen molar-refractivity contribution in [2.45, 2.75) is 25.0 Å². The Morgan fingerprint density at radius 1 is 1.59 bits per heavy atom. The van der Waals surface area contributed by atoms with E-state index in [1.165, 1.54) is 5.75 Å². The zero-order chi connectivity index (χ0) is 12.1. The zero-order valence-corrected chi connectivity index (χ0v) is 11.4. The molecule has 1 aromatic rings. The largest absolute Gasteiger partial charge is 0.339 e. The van der Waals surface area contributed by atoms with Crippen molar-refractivity contribution in [3.63, 3.8) is 0 Å². The summed E-state index contributed by atoms with van der Waals surface area (Å²) in [4.78, 5) is 4.43. The van der Waals surface area contributed by atoms with E-state index in [-0.39, 0.29) is 5.92 Å². The maximum atomic E-state index is 8.60. The predicted octanol–water partition coefficient (Wildman–Crippen LogP) is 2.68. The number of aromatic nitrogens is 2. The average Bonchev–Trinajstić information content (AvgIpc) is 2.79. The number of nitrogens with zero attached hydrogens (tertiary/aromatic N) is 3. The highest BCUT2D eigenvalue weighted by molar-refractivity contribution is 8.06. The molecule has 92 valence electrons. The second kappa shape index (κ2) is 6.31. The van der Waals surface area contributed by atoms with Gasteiger partial charge < -0.3 is 4.52 Å². The second-order valence-corrected chi connectivity index (χ2v) is 6.61. The van der Waals surface area contributed by atoms with Crippen LogP contribution < -0.4 is 0 Å². The number of thioether (sulfide) groups is 2. The molecule has 1 aromatic heterocycles. The summed E-state index contributed by atoms with van der Waals surface area (Å²) in [6, 6.07) is 2.16. The molecule has 4 nitrogen and oxygen atoms in total. The Morgan fingerprint density at radius 3 is 3.18 bits per heavy atom. The van der Waals surface area contributed by atoms with Crippen LogP contribution in [0.4, 0.5) is 0 Å². The molecule has 0 saturated carbocycles. The highest BCUT2D eigenvalue weighted by Gasteiger charge is 2.22. The number of rotatable bonds is 4. The summed E-state index contributed by atoms with van der Waals surface area (Å²) < 4.78 is 5.24. The molecular weight excluding hydrogens is 254 g/mol. The van der Waals surface area contributed by atoms with E-state index < -0.39 is 0 Å². The van der Waals surface area contributed by atoms with Gasteiger partial charge in [-0.2, -0.15) is 22.0 Å². The number of hydrogen-bond donors (Lipinski definition) is 0. The summed E-state index contributed by atoms with van der Waals surface area (Å²) in [5.41, 5.74) is 0. The molecule has 0 N–H and O–H groups in total. The fourth-order valence-electron chi connectivity index (χ4n) is 1.64. The average molecular weight is 269 g/mol. The van der Waals surface area contributed by atoms with Crippen LogP contribution in [-0.2, 0) is 6.42 Å². The summed E-state index contributed by atoms with van der Waals surface area (Å²) in [7, 11) is 0. The molecule has 0 amide bonds. The van der Waals surface area contributed by atoms with Crippen LogP contribution in [0.1, 0.15) is 30.3 Å². The summed E-state index contributed by atoms with van der Waals surface area (Å²) in [6.07, 6.45) is 1.23. The van der Waals surface area contributed by atoms with E-state index >= 15 is 0 Å². The van der Waals surface area contributed by atoms with E-state index in [2.05, 4.69) is 16.2 Å². The van der Waals surface area contributed by atoms with E-state index in [4.69, 9.17) is 9.78 Å². The van der Waals surface area contributed by atoms with Crippen molar-refractivity contribution in [3.8, 4) is 6.07 Å². The van der Waals surface area contributed by atoms with Gasteiger partial charge in [-0.25, -0.2) is 0 Å². The summed E-state index contributed by atoms with van der Waals surface area (Å²) >= 11 is 3.84. The molecule has 2 heterocycles. The lowest BCUT2D eigenvalue weighted by atomic mass is 10.1. The van der Waals surface area contributed by atoms with Crippen molar-refractivity contribution in [1.29, 1.82) is 5.26 Å². The zero-order valence-electron chi connectivity index (χ0n) is 9.76. The van der Waals surface area contributed by atoms with E-state index in [1.807, 2.05) is 30.4 Å². The monoisotopic (exact) mass is 269 g/mol. The van der Waals surface area contributed by atoms with Crippen LogP contribution >= 0.6 is 23.5 Å². The summed E-state index contributed by atoms with van der Waals surface area (Å²) in [5.74, 6) is 5.20. The minimum Gasteiger partial charge on any atom is -0.339 e. The van der Waals surface area contributed by atoms with Crippen LogP contribution in [0.2, 0.25) is 0 Å². The summed E-state index contributed by atoms with van der Waals surface area (Å²) in [5, 5.41) is 13.0. The standard InChI is InChI=1S/C11H15N3OS2/c1-8(2-3-12)6-10-13-11(14-15-10)9-7-16-4-5-17-9/h8-9H,2,4-7H2,1H3. The highest BCUT2D eigenvalue weighted by Crippen LogP contribution is 2.35. The lowest BCUT2D eigenvalue weighted by Gasteiger charge is -2.17. The molecule has 2 unspecified atom stereocenters. The fraction of sp³-hybridized carbons (Fsp3) is 0.727. The first-order valence-electron chi connectivity index (χ1n) is 5.68. The maximum Gasteiger partial charge on any atom is 0.226 e. The molecule has 1 aliphatic heterocycles. The Kier molecular flexibility index (Phi) is 4.75. The smallest absolute Gasteiger partial charge is 0.226 e. The van der Waals surface area contributed by atoms with E-state index in [9.17, 15) is 0 Å². The number of hydrogen-bond acceptors (Lipinski definition) is 6. The lowest BCUT2D eigenvalue weighted by molar-refractivity contribution is 0.355. The number of nitriles is 1. The first kappa shape index (κ1) is 12.8. The van der Waals surface area contributed by atoms with Gasteiger partial charge in [0.1, 0.15) is 0 Å². The molecule has 0 spiro atoms. The van der Waals surface area contributed by atoms with E-state index in [0.29, 0.717) is 24.0 Å². The molecule has 2 rings (SSSR count). The van der Waals surface area contributed by atoms with Crippen LogP contribution in [0.15, 0.2) is 4.52 Å². The van der Waals surface area contributed by atoms with Crippen LogP contribution in [0.5, 0.6) is 0 Å². The Balaban J connectivity index is 1.93. The van der Waals surface area contributed by atoms with Gasteiger partial charge >= 0.3 is 0 Å². The molecule has 1 aliphatic rings. The Bertz CT molecular complexity index is 396. The SMILES string of the molecule is CC(CC#N)Cc1nc(C2CSCCS2)no1. The third-order valence-corrected chi connectivity index (χ3v) is 5.30. The lowest BCUT2D eigenvalue weighted by Crippen LogP contribution is -2.08. The van der Waals surface area contributed by atoms with Crippen molar-refractivity contribution < 1.29 is 4.52 Å². The third-order valence-electron chi connectivity index (χ3n) is 2.55. The van der Waals surface area contributed by atoms with E-state index in [0.717, 1.165) is 17.3 Å². The highest BCUT2D eigenvalue weighted by atomic mass is 32.2. The van der Waals surface area contributed by atoms with Gasteiger partial charge in [0.25, 0.3) is 0 Å². The van der Waals surface area contributed by atoms with Crippen LogP contribution in [0.3, 0.4) is 0 Å². The normalized spacial score (nSPS) is 22.0. The van der Waals surface area contributed by atoms with Crippen LogP contribution in [0, 0.1) is 17.2 Å². The van der Waals surface area contributed by atoms with Gasteiger partial charge in [-0.1, -0.05) is 12.1 Å². The Labute approximate surface area is 110 Å². The minimum atomic E-state index is 0.279. The van der Waals surface area contributed by atoms with Gasteiger partial charge in [0.2, 0.25) is 5.89 Å². The molecule has 0 aromatic carbocycles. The van der Waals surface area contributed by atoms with Crippen molar-refractivity contribution in [1.82, 2.24) is 10.1 Å². The molecular formula is C11H15N3OS2. The first-order chi connectivity index (χ1) is 8.29. The molecule has 2 atom stereocenters. The molecule has 0 bridgehead atoms. The molecule has 6 heteroatoms. The quantitative estimate of drug-likeness (QED) is 0.837. The van der Waals surface area contributed by atoms with Crippen molar-refractivity contribution >= 4 is 23.5 Å². The second-order valence-electron chi connectivity index (χ2n) is 4.15. The minimum absolute atomic E-state index is 0.279. The molecule has 1 saturated heterocycles. The first-order valence-corrected chi connectivity index (χ1v) is 7.88. The third kappa shape index (κ3) is 3.65. The topological polar surface area (TPSA) is 62.7 Å². The van der Waals surface area contributed by atoms with Crippen molar-refractivity contribution in [2.75, 3.05) is 17.3 Å². The van der Waals surface area contributed by atoms with Gasteiger partial charge in [-0.15, -0.1) is 11.8 Å². The van der Waals surface area contributed by atoms with E-state index in [1.54, 1.807) is 0 Å². The van der Waals surface area contributed by atoms with Gasteiger partial charge in [-0.05, 0) is 5.92 Å². The molecule has 17 heavy (non-hydrogen) atoms. The van der Waals surface area contributed by atoms with Gasteiger partial charge in [-0.3, -0.25) is 0 Å². The Morgan fingerprint density at radius 2 is 2.47 bits per heavy atom.